The Kier molecular flexibility index (Phi) is 6.72. The summed E-state index contributed by atoms with van der Waals surface area (Å²) >= 11 is 0. The van der Waals surface area contributed by atoms with Gasteiger partial charge in [-0.2, -0.15) is 18.4 Å². The molecule has 2 fully saturated rings. The summed E-state index contributed by atoms with van der Waals surface area (Å²) in [6, 6.07) is 3.45. The number of nitrogens with zero attached hydrogens (tertiary/aromatic N) is 3. The van der Waals surface area contributed by atoms with Crippen LogP contribution in [0, 0.1) is 17.2 Å². The Labute approximate surface area is 186 Å². The number of alkyl halides is 3. The van der Waals surface area contributed by atoms with Crippen molar-refractivity contribution < 1.29 is 17.9 Å². The average Bonchev–Trinajstić information content (AvgIpc) is 2.81. The monoisotopic (exact) mass is 447 g/mol. The summed E-state index contributed by atoms with van der Waals surface area (Å²) in [5, 5.41) is 15.4. The van der Waals surface area contributed by atoms with E-state index in [1.165, 1.54) is 18.2 Å². The number of piperazine rings is 1. The Hall–Kier alpha value is -2.57. The quantitative estimate of drug-likeness (QED) is 0.722. The second-order valence-corrected chi connectivity index (χ2v) is 8.57. The number of aromatic nitrogens is 1. The van der Waals surface area contributed by atoms with Gasteiger partial charge in [-0.1, -0.05) is 24.3 Å². The van der Waals surface area contributed by atoms with Gasteiger partial charge in [-0.3, -0.25) is 10.3 Å². The normalized spacial score (nSPS) is 30.7. The first-order valence-electron chi connectivity index (χ1n) is 11.1. The predicted molar refractivity (Wildman–Crippen MR) is 115 cm³/mol. The van der Waals surface area contributed by atoms with Gasteiger partial charge in [0, 0.05) is 38.3 Å². The number of rotatable bonds is 5. The van der Waals surface area contributed by atoms with Crippen molar-refractivity contribution in [3.63, 3.8) is 0 Å². The maximum Gasteiger partial charge on any atom is 0.411 e. The molecule has 0 radical (unpaired) electrons. The molecule has 172 valence electrons. The predicted octanol–water partition coefficient (Wildman–Crippen LogP) is 3.34. The minimum Gasteiger partial charge on any atom is -0.489 e. The van der Waals surface area contributed by atoms with Crippen LogP contribution in [0.25, 0.3) is 0 Å². The van der Waals surface area contributed by atoms with Gasteiger partial charge >= 0.3 is 6.18 Å². The zero-order valence-electron chi connectivity index (χ0n) is 17.8. The fourth-order valence-corrected chi connectivity index (χ4v) is 4.70. The average molecular weight is 448 g/mol. The Bertz CT molecular complexity index is 882. The number of halogens is 3. The lowest BCUT2D eigenvalue weighted by molar-refractivity contribution is -0.191. The van der Waals surface area contributed by atoms with Gasteiger partial charge in [0.25, 0.3) is 0 Å². The fourth-order valence-electron chi connectivity index (χ4n) is 4.70. The molecule has 1 aromatic rings. The van der Waals surface area contributed by atoms with Gasteiger partial charge in [0.1, 0.15) is 5.75 Å². The third-order valence-corrected chi connectivity index (χ3v) is 6.47. The highest BCUT2D eigenvalue weighted by molar-refractivity contribution is 5.48. The molecule has 0 spiro atoms. The standard InChI is InChI=1S/C23H28F3N5O/c24-23(25,26)22(8-2-1-3-17(22)14-27)30-18-4-6-20(7-5-18)32-21-13-19(15-29-16-21)31-11-9-28-10-12-31/h1-3,8,13,15-18,20,28,30H,4-7,9-12H2. The zero-order valence-corrected chi connectivity index (χ0v) is 17.8. The van der Waals surface area contributed by atoms with Gasteiger partial charge in [0.2, 0.25) is 0 Å². The molecule has 2 atom stereocenters. The summed E-state index contributed by atoms with van der Waals surface area (Å²) in [5.41, 5.74) is -1.33. The van der Waals surface area contributed by atoms with Gasteiger partial charge in [-0.05, 0) is 25.7 Å². The van der Waals surface area contributed by atoms with Crippen molar-refractivity contribution >= 4 is 5.69 Å². The van der Waals surface area contributed by atoms with E-state index >= 15 is 0 Å². The van der Waals surface area contributed by atoms with Crippen LogP contribution in [0.1, 0.15) is 25.7 Å². The lowest BCUT2D eigenvalue weighted by atomic mass is 9.78. The topological polar surface area (TPSA) is 73.2 Å². The summed E-state index contributed by atoms with van der Waals surface area (Å²) in [5.74, 6) is -0.602. The van der Waals surface area contributed by atoms with Crippen LogP contribution in [0.3, 0.4) is 0 Å². The molecule has 6 nitrogen and oxygen atoms in total. The largest absolute Gasteiger partial charge is 0.489 e. The third kappa shape index (κ3) is 4.76. The Morgan fingerprint density at radius 3 is 2.59 bits per heavy atom. The molecular formula is C23H28F3N5O. The van der Waals surface area contributed by atoms with Gasteiger partial charge in [-0.15, -0.1) is 0 Å². The number of anilines is 1. The minimum atomic E-state index is -4.57. The smallest absolute Gasteiger partial charge is 0.411 e. The zero-order chi connectivity index (χ0) is 22.6. The number of allylic oxidation sites excluding steroid dienone is 2. The van der Waals surface area contributed by atoms with Crippen molar-refractivity contribution in [1.29, 1.82) is 5.26 Å². The summed E-state index contributed by atoms with van der Waals surface area (Å²) in [6.07, 6.45) is 6.49. The van der Waals surface area contributed by atoms with E-state index in [2.05, 4.69) is 20.5 Å². The molecule has 2 aliphatic carbocycles. The molecule has 2 unspecified atom stereocenters. The van der Waals surface area contributed by atoms with E-state index in [0.717, 1.165) is 37.9 Å². The van der Waals surface area contributed by atoms with Crippen LogP contribution in [0.2, 0.25) is 0 Å². The van der Waals surface area contributed by atoms with E-state index in [-0.39, 0.29) is 12.1 Å². The number of nitrogens with one attached hydrogen (secondary N) is 2. The highest BCUT2D eigenvalue weighted by Gasteiger charge is 2.58. The molecule has 4 rings (SSSR count). The third-order valence-electron chi connectivity index (χ3n) is 6.47. The van der Waals surface area contributed by atoms with Crippen LogP contribution < -0.4 is 20.3 Å². The molecule has 1 aromatic heterocycles. The molecule has 1 aliphatic heterocycles. The number of pyridine rings is 1. The Morgan fingerprint density at radius 2 is 1.91 bits per heavy atom. The van der Waals surface area contributed by atoms with Crippen molar-refractivity contribution in [2.45, 2.75) is 49.5 Å². The van der Waals surface area contributed by atoms with Crippen molar-refractivity contribution in [3.05, 3.63) is 42.8 Å². The molecular weight excluding hydrogens is 419 g/mol. The highest BCUT2D eigenvalue weighted by Crippen LogP contribution is 2.41. The van der Waals surface area contributed by atoms with Crippen LogP contribution in [-0.2, 0) is 0 Å². The molecule has 9 heteroatoms. The maximum absolute atomic E-state index is 14.0. The molecule has 1 saturated heterocycles. The Balaban J connectivity index is 1.36. The van der Waals surface area contributed by atoms with Crippen molar-refractivity contribution in [2.75, 3.05) is 31.1 Å². The maximum atomic E-state index is 14.0. The van der Waals surface area contributed by atoms with Gasteiger partial charge in [0.15, 0.2) is 5.54 Å². The molecule has 3 aliphatic rings. The molecule has 0 aromatic carbocycles. The van der Waals surface area contributed by atoms with E-state index in [0.29, 0.717) is 31.4 Å². The number of ether oxygens (including phenoxy) is 1. The van der Waals surface area contributed by atoms with Gasteiger partial charge in [0.05, 0.1) is 36.2 Å². The molecule has 2 heterocycles. The molecule has 32 heavy (non-hydrogen) atoms. The lowest BCUT2D eigenvalue weighted by Gasteiger charge is -2.42. The van der Waals surface area contributed by atoms with Gasteiger partial charge in [-0.25, -0.2) is 0 Å². The van der Waals surface area contributed by atoms with Crippen LogP contribution in [0.4, 0.5) is 18.9 Å². The fraction of sp³-hybridized carbons (Fsp3) is 0.565. The van der Waals surface area contributed by atoms with E-state index in [1.54, 1.807) is 12.3 Å². The summed E-state index contributed by atoms with van der Waals surface area (Å²) in [6.45, 7) is 3.69. The summed E-state index contributed by atoms with van der Waals surface area (Å²) < 4.78 is 48.1. The second kappa shape index (κ2) is 9.51. The van der Waals surface area contributed by atoms with Crippen molar-refractivity contribution in [3.8, 4) is 11.8 Å². The van der Waals surface area contributed by atoms with Crippen molar-refractivity contribution in [2.24, 2.45) is 5.92 Å². The highest BCUT2D eigenvalue weighted by atomic mass is 19.4. The number of hydrogen-bond acceptors (Lipinski definition) is 6. The van der Waals surface area contributed by atoms with Crippen molar-refractivity contribution in [1.82, 2.24) is 15.6 Å². The molecule has 0 amide bonds. The Morgan fingerprint density at radius 1 is 1.16 bits per heavy atom. The first kappa shape index (κ1) is 22.6. The summed E-state index contributed by atoms with van der Waals surface area (Å²) in [4.78, 5) is 6.56. The van der Waals surface area contributed by atoms with E-state index in [9.17, 15) is 18.4 Å². The first-order valence-corrected chi connectivity index (χ1v) is 11.1. The number of hydrogen-bond donors (Lipinski definition) is 2. The van der Waals surface area contributed by atoms with Crippen LogP contribution in [0.15, 0.2) is 42.8 Å². The molecule has 0 bridgehead atoms. The molecule has 2 N–H and O–H groups in total. The lowest BCUT2D eigenvalue weighted by Crippen LogP contribution is -2.63. The van der Waals surface area contributed by atoms with Crippen LogP contribution >= 0.6 is 0 Å². The first-order chi connectivity index (χ1) is 15.4. The number of nitriles is 1. The minimum absolute atomic E-state index is 0.0662. The van der Waals surface area contributed by atoms with E-state index < -0.39 is 17.6 Å². The second-order valence-electron chi connectivity index (χ2n) is 8.57. The SMILES string of the molecule is N#CC1C=CC=CC1(NC1CCC(Oc2cncc(N3CCNCC3)c2)CC1)C(F)(F)F. The molecule has 1 saturated carbocycles. The van der Waals surface area contributed by atoms with Gasteiger partial charge < -0.3 is 15.0 Å². The summed E-state index contributed by atoms with van der Waals surface area (Å²) in [7, 11) is 0. The van der Waals surface area contributed by atoms with Crippen LogP contribution in [0.5, 0.6) is 5.75 Å². The van der Waals surface area contributed by atoms with Crippen LogP contribution in [-0.4, -0.2) is 55.0 Å². The van der Waals surface area contributed by atoms with E-state index in [1.807, 2.05) is 12.3 Å². The van der Waals surface area contributed by atoms with E-state index in [4.69, 9.17) is 4.74 Å².